The quantitative estimate of drug-likeness (QED) is 0.780. The van der Waals surface area contributed by atoms with Gasteiger partial charge in [-0.05, 0) is 32.0 Å². The van der Waals surface area contributed by atoms with E-state index in [-0.39, 0.29) is 28.8 Å². The van der Waals surface area contributed by atoms with E-state index < -0.39 is 35.4 Å². The molecule has 0 fully saturated rings. The summed E-state index contributed by atoms with van der Waals surface area (Å²) in [6.07, 6.45) is 1.48. The Morgan fingerprint density at radius 1 is 1.45 bits per heavy atom. The van der Waals surface area contributed by atoms with Crippen molar-refractivity contribution in [2.75, 3.05) is 18.5 Å². The zero-order valence-electron chi connectivity index (χ0n) is 15.7. The minimum atomic E-state index is -3.54. The van der Waals surface area contributed by atoms with Crippen LogP contribution < -0.4 is 11.1 Å². The predicted octanol–water partition coefficient (Wildman–Crippen LogP) is 3.19. The molecule has 0 aliphatic carbocycles. The van der Waals surface area contributed by atoms with Crippen molar-refractivity contribution in [2.45, 2.75) is 31.9 Å². The molecular weight excluding hydrogens is 411 g/mol. The van der Waals surface area contributed by atoms with E-state index in [1.165, 1.54) is 16.9 Å². The maximum Gasteiger partial charge on any atom is 0.299 e. The molecule has 1 aliphatic heterocycles. The van der Waals surface area contributed by atoms with Crippen LogP contribution in [-0.2, 0) is 16.8 Å². The average Bonchev–Trinajstić information content (AvgIpc) is 2.99. The molecule has 7 nitrogen and oxygen atoms in total. The minimum absolute atomic E-state index is 0.0407. The summed E-state index contributed by atoms with van der Waals surface area (Å²) < 4.78 is 50.3. The van der Waals surface area contributed by atoms with Gasteiger partial charge in [-0.2, -0.15) is 5.10 Å². The Morgan fingerprint density at radius 3 is 2.83 bits per heavy atom. The zero-order chi connectivity index (χ0) is 21.4. The summed E-state index contributed by atoms with van der Waals surface area (Å²) >= 11 is 6.01. The van der Waals surface area contributed by atoms with Crippen molar-refractivity contribution in [1.82, 2.24) is 9.78 Å². The van der Waals surface area contributed by atoms with E-state index in [0.717, 1.165) is 19.1 Å². The number of rotatable bonds is 4. The number of amides is 1. The first kappa shape index (κ1) is 21.1. The van der Waals surface area contributed by atoms with E-state index >= 15 is 0 Å². The molecule has 1 amide bonds. The van der Waals surface area contributed by atoms with Gasteiger partial charge in [-0.25, -0.2) is 13.2 Å². The third kappa shape index (κ3) is 3.95. The summed E-state index contributed by atoms with van der Waals surface area (Å²) in [5.74, 6) is -5.31. The first-order chi connectivity index (χ1) is 13.6. The molecule has 3 rings (SSSR count). The third-order valence-corrected chi connectivity index (χ3v) is 4.89. The van der Waals surface area contributed by atoms with Crippen molar-refractivity contribution < 1.29 is 22.7 Å². The molecule has 0 radical (unpaired) electrons. The van der Waals surface area contributed by atoms with Gasteiger partial charge in [0.2, 0.25) is 0 Å². The lowest BCUT2D eigenvalue weighted by Crippen LogP contribution is -2.45. The fourth-order valence-corrected chi connectivity index (χ4v) is 3.20. The number of nitrogens with zero attached hydrogens (tertiary/aromatic N) is 3. The van der Waals surface area contributed by atoms with E-state index in [4.69, 9.17) is 22.1 Å². The molecule has 1 atom stereocenters. The van der Waals surface area contributed by atoms with Gasteiger partial charge in [0.05, 0.1) is 5.02 Å². The van der Waals surface area contributed by atoms with Crippen LogP contribution in [0.2, 0.25) is 5.02 Å². The van der Waals surface area contributed by atoms with Crippen LogP contribution in [0.15, 0.2) is 29.4 Å². The van der Waals surface area contributed by atoms with Crippen LogP contribution in [0.3, 0.4) is 0 Å². The molecule has 29 heavy (non-hydrogen) atoms. The van der Waals surface area contributed by atoms with Gasteiger partial charge in [0, 0.05) is 24.0 Å². The molecule has 2 aromatic rings. The van der Waals surface area contributed by atoms with Gasteiger partial charge in [-0.1, -0.05) is 11.6 Å². The van der Waals surface area contributed by atoms with Gasteiger partial charge in [-0.15, -0.1) is 0 Å². The van der Waals surface area contributed by atoms with Crippen LogP contribution in [0.25, 0.3) is 0 Å². The van der Waals surface area contributed by atoms with Gasteiger partial charge < -0.3 is 15.8 Å². The number of hydrogen-bond acceptors (Lipinski definition) is 5. The Hall–Kier alpha value is -2.59. The first-order valence-corrected chi connectivity index (χ1v) is 9.09. The van der Waals surface area contributed by atoms with E-state index in [1.807, 2.05) is 6.92 Å². The Bertz CT molecular complexity index is 978. The van der Waals surface area contributed by atoms with Crippen molar-refractivity contribution in [3.8, 4) is 0 Å². The number of carbonyl (C=O) groups excluding carboxylic acids is 1. The van der Waals surface area contributed by atoms with Crippen LogP contribution in [0.4, 0.5) is 18.9 Å². The van der Waals surface area contributed by atoms with E-state index in [9.17, 15) is 18.0 Å². The molecule has 156 valence electrons. The van der Waals surface area contributed by atoms with Crippen LogP contribution in [0, 0.1) is 5.82 Å². The predicted molar refractivity (Wildman–Crippen MR) is 102 cm³/mol. The van der Waals surface area contributed by atoms with Crippen molar-refractivity contribution >= 4 is 29.0 Å². The zero-order valence-corrected chi connectivity index (χ0v) is 16.4. The number of amidine groups is 1. The Balaban J connectivity index is 1.98. The summed E-state index contributed by atoms with van der Waals surface area (Å²) in [6, 6.07) is 3.30. The number of benzene rings is 1. The Kier molecular flexibility index (Phi) is 5.59. The fourth-order valence-electron chi connectivity index (χ4n) is 2.96. The molecule has 0 saturated heterocycles. The van der Waals surface area contributed by atoms with Crippen LogP contribution in [-0.4, -0.2) is 40.7 Å². The molecular formula is C18H19ClF3N5O2. The number of aryl methyl sites for hydroxylation is 1. The van der Waals surface area contributed by atoms with Crippen molar-refractivity contribution in [1.29, 1.82) is 0 Å². The molecule has 1 aromatic heterocycles. The molecule has 1 aliphatic rings. The summed E-state index contributed by atoms with van der Waals surface area (Å²) in [7, 11) is 0. The molecule has 3 N–H and O–H groups in total. The highest BCUT2D eigenvalue weighted by Crippen LogP contribution is 2.44. The first-order valence-electron chi connectivity index (χ1n) is 8.71. The summed E-state index contributed by atoms with van der Waals surface area (Å²) in [5, 5.41) is 6.66. The van der Waals surface area contributed by atoms with Crippen LogP contribution >= 0.6 is 11.6 Å². The second-order valence-corrected chi connectivity index (χ2v) is 7.11. The van der Waals surface area contributed by atoms with Gasteiger partial charge in [0.25, 0.3) is 11.8 Å². The maximum atomic E-state index is 14.7. The number of alkyl halides is 2. The maximum absolute atomic E-state index is 14.7. The Labute approximate surface area is 169 Å². The number of nitrogens with two attached hydrogens (primary N) is 1. The molecule has 1 aromatic carbocycles. The molecule has 0 saturated carbocycles. The minimum Gasteiger partial charge on any atom is -0.385 e. The average molecular weight is 430 g/mol. The summed E-state index contributed by atoms with van der Waals surface area (Å²) in [6.45, 7) is 2.12. The second-order valence-electron chi connectivity index (χ2n) is 6.70. The third-order valence-electron chi connectivity index (χ3n) is 4.62. The number of halogens is 4. The summed E-state index contributed by atoms with van der Waals surface area (Å²) in [4.78, 5) is 16.3. The monoisotopic (exact) mass is 429 g/mol. The number of nitrogens with one attached hydrogen (secondary N) is 1. The number of ether oxygens (including phenoxy) is 1. The fraction of sp³-hybridized carbons (Fsp3) is 0.389. The topological polar surface area (TPSA) is 94.5 Å². The standard InChI is InChI=1S/C18H19ClF3N5O2/c1-3-27-7-12(19)15(26-27)16(28)24-10-4-5-13(20)11(6-10)17(2)18(21,22)9-29-8-14(23)25-17/h4-7H,3,8-9H2,1-2H3,(H2,23,25)(H,24,28). The second kappa shape index (κ2) is 7.68. The lowest BCUT2D eigenvalue weighted by molar-refractivity contribution is -0.116. The molecule has 1 unspecified atom stereocenters. The number of hydrogen-bond donors (Lipinski definition) is 2. The smallest absolute Gasteiger partial charge is 0.299 e. The van der Waals surface area contributed by atoms with Crippen LogP contribution in [0.1, 0.15) is 29.9 Å². The van der Waals surface area contributed by atoms with Crippen molar-refractivity contribution in [2.24, 2.45) is 10.7 Å². The highest BCUT2D eigenvalue weighted by molar-refractivity contribution is 6.34. The van der Waals surface area contributed by atoms with E-state index in [2.05, 4.69) is 15.4 Å². The number of carbonyl (C=O) groups is 1. The number of aliphatic imine (C=N–C) groups is 1. The lowest BCUT2D eigenvalue weighted by Gasteiger charge is -2.33. The SMILES string of the molecule is CCn1cc(Cl)c(C(=O)Nc2ccc(F)c(C3(C)N=C(N)COCC3(F)F)c2)n1. The van der Waals surface area contributed by atoms with Gasteiger partial charge in [-0.3, -0.25) is 14.5 Å². The van der Waals surface area contributed by atoms with E-state index in [1.54, 1.807) is 0 Å². The molecule has 0 spiro atoms. The number of aromatic nitrogens is 2. The highest BCUT2D eigenvalue weighted by atomic mass is 35.5. The van der Waals surface area contributed by atoms with Gasteiger partial charge in [0.15, 0.2) is 11.2 Å². The van der Waals surface area contributed by atoms with Crippen molar-refractivity contribution in [3.05, 3.63) is 46.5 Å². The van der Waals surface area contributed by atoms with E-state index in [0.29, 0.717) is 6.54 Å². The van der Waals surface area contributed by atoms with Gasteiger partial charge in [0.1, 0.15) is 24.9 Å². The van der Waals surface area contributed by atoms with Crippen molar-refractivity contribution in [3.63, 3.8) is 0 Å². The highest BCUT2D eigenvalue weighted by Gasteiger charge is 2.54. The Morgan fingerprint density at radius 2 is 2.17 bits per heavy atom. The lowest BCUT2D eigenvalue weighted by atomic mass is 9.85. The summed E-state index contributed by atoms with van der Waals surface area (Å²) in [5.41, 5.74) is 2.90. The molecule has 11 heteroatoms. The largest absolute Gasteiger partial charge is 0.385 e. The van der Waals surface area contributed by atoms with Crippen LogP contribution in [0.5, 0.6) is 0 Å². The molecule has 0 bridgehead atoms. The normalized spacial score (nSPS) is 21.4. The van der Waals surface area contributed by atoms with Gasteiger partial charge >= 0.3 is 0 Å². The molecule has 2 heterocycles. The number of anilines is 1.